The summed E-state index contributed by atoms with van der Waals surface area (Å²) in [4.78, 5) is 130. The maximum Gasteiger partial charge on any atom is 0.417 e. The van der Waals surface area contributed by atoms with Crippen molar-refractivity contribution >= 4 is 129 Å². The highest BCUT2D eigenvalue weighted by atomic mass is 35.5. The van der Waals surface area contributed by atoms with Crippen molar-refractivity contribution in [2.24, 2.45) is 0 Å². The number of hydrogen-bond donors (Lipinski definition) is 8. The van der Waals surface area contributed by atoms with Crippen molar-refractivity contribution < 1.29 is 104 Å². The van der Waals surface area contributed by atoms with Gasteiger partial charge in [-0.2, -0.15) is 33.6 Å². The fourth-order valence-corrected chi connectivity index (χ4v) is 15.3. The third-order valence-electron chi connectivity index (χ3n) is 20.5. The number of aromatic nitrogens is 8. The molecule has 8 aliphatic heterocycles. The number of anilines is 4. The van der Waals surface area contributed by atoms with Gasteiger partial charge in [0.1, 0.15) is 53.0 Å². The van der Waals surface area contributed by atoms with Crippen LogP contribution in [0.1, 0.15) is 98.1 Å². The molecule has 4 aromatic heterocycles. The summed E-state index contributed by atoms with van der Waals surface area (Å²) in [5, 5.41) is 70.1. The van der Waals surface area contributed by atoms with Gasteiger partial charge in [0.15, 0.2) is 11.6 Å². The molecule has 47 heteroatoms. The number of rotatable bonds is 8. The van der Waals surface area contributed by atoms with Gasteiger partial charge in [0, 0.05) is 130 Å². The number of hydrogen-bond acceptors (Lipinski definition) is 20. The lowest BCUT2D eigenvalue weighted by Gasteiger charge is -2.27. The Bertz CT molecular complexity index is 5380. The number of hydroxylamine groups is 8. The summed E-state index contributed by atoms with van der Waals surface area (Å²) in [7, 11) is 5.83. The molecule has 4 atom stereocenters. The van der Waals surface area contributed by atoms with Crippen molar-refractivity contribution in [2.75, 3.05) is 102 Å². The second kappa shape index (κ2) is 36.6. The van der Waals surface area contributed by atoms with Gasteiger partial charge in [-0.25, -0.2) is 52.6 Å². The van der Waals surface area contributed by atoms with Gasteiger partial charge in [-0.1, -0.05) is 64.1 Å². The number of halogens is 11. The van der Waals surface area contributed by atoms with Gasteiger partial charge in [-0.3, -0.25) is 57.3 Å². The monoisotopic (exact) mass is 1790 g/mol. The number of alkyl halides is 3. The van der Waals surface area contributed by atoms with E-state index >= 15 is 0 Å². The maximum atomic E-state index is 14.1. The van der Waals surface area contributed by atoms with Crippen LogP contribution in [0.3, 0.4) is 0 Å². The second-order valence-electron chi connectivity index (χ2n) is 28.7. The van der Waals surface area contributed by atoms with Gasteiger partial charge in [-0.05, 0) is 61.0 Å². The van der Waals surface area contributed by atoms with Crippen LogP contribution in [-0.4, -0.2) is 252 Å². The summed E-state index contributed by atoms with van der Waals surface area (Å²) in [6.07, 6.45) is -5.38. The molecule has 0 spiro atoms. The first-order chi connectivity index (χ1) is 57.5. The average Bonchev–Trinajstić information content (AvgIpc) is 1.63. The minimum Gasteiger partial charge on any atom is -0.393 e. The Morgan fingerprint density at radius 2 is 0.744 bits per heavy atom. The molecular weight excluding hydrogens is 1720 g/mol. The molecule has 0 bridgehead atoms. The molecule has 12 heterocycles. The zero-order chi connectivity index (χ0) is 87.1. The molecule has 0 fully saturated rings. The average molecular weight is 1790 g/mol. The van der Waals surface area contributed by atoms with Crippen LogP contribution in [0, 0.1) is 24.4 Å². The molecule has 8 aliphatic rings. The Hall–Kier alpha value is -10.6. The molecule has 121 heavy (non-hydrogen) atoms. The zero-order valence-electron chi connectivity index (χ0n) is 64.7. The Labute approximate surface area is 708 Å². The van der Waals surface area contributed by atoms with Crippen molar-refractivity contribution in [3.05, 3.63) is 182 Å². The van der Waals surface area contributed by atoms with Gasteiger partial charge in [0.25, 0.3) is 23.6 Å². The highest BCUT2D eigenvalue weighted by molar-refractivity contribution is 6.42. The molecule has 0 aliphatic carbocycles. The molecule has 0 saturated carbocycles. The minimum absolute atomic E-state index is 0.0125. The summed E-state index contributed by atoms with van der Waals surface area (Å²) in [5.41, 5.74) is 6.87. The predicted octanol–water partition coefficient (Wildman–Crippen LogP) is 8.42. The Morgan fingerprint density at radius 1 is 0.421 bits per heavy atom. The molecule has 8 aromatic rings. The molecule has 4 unspecified atom stereocenters. The number of benzene rings is 4. The van der Waals surface area contributed by atoms with E-state index in [0.717, 1.165) is 61.8 Å². The zero-order valence-corrected chi connectivity index (χ0v) is 68.5. The molecule has 0 saturated heterocycles. The fourth-order valence-electron chi connectivity index (χ4n) is 14.4. The predicted molar refractivity (Wildman–Crippen MR) is 418 cm³/mol. The lowest BCUT2D eigenvalue weighted by molar-refractivity contribution is -0.159. The third-order valence-corrected chi connectivity index (χ3v) is 22.2. The van der Waals surface area contributed by atoms with Crippen LogP contribution in [0.15, 0.2) is 60.7 Å². The molecule has 4 aromatic carbocycles. The van der Waals surface area contributed by atoms with Gasteiger partial charge in [0.2, 0.25) is 0 Å². The van der Waals surface area contributed by atoms with E-state index in [-0.39, 0.29) is 136 Å². The number of amides is 12. The Kier molecular flexibility index (Phi) is 26.7. The first-order valence-corrected chi connectivity index (χ1v) is 39.1. The first kappa shape index (κ1) is 88.2. The standard InChI is InChI=1S/C19H19ClF3N5O4.C19H22ClN5O4.C18H18Cl2FN5O4.C18H18ClF2N5O4/c1-26-17(30)16-12-8-27(5-4-15(12)25-28(16)7-11(9-29)32-26)18(31)24-10-2-3-14(20)13(6-10)19(21,22)23;1-11-3-4-12(7-15(11)20)21-19(28)24-6-5-16-14(9-24)17-18(27)23(2)29-13(10-26)8-25(17)22-16;1-24-17(28)16-10-7-25(3-2-14(10)23-26(16)6-9(8-27)30-24)18(29)22-15-5-12(20)11(19)4-13(15)21;1-24-17(28)16-11-7-25(3-2-14(11)23-26(16)6-10(8-27)30-24)18(29)22-9-4-12(19)15(21)13(20)5-9/h2-3,6,11,29H,4-5,7-9H2,1H3,(H,24,31);3-4,7,13,26H,5-6,8-10H2,1-2H3,(H,21,28);4-5,9,27H,2-3,6-8H2,1H3,(H,22,29);4-5,10,27H,2-3,6-8H2,1H3,(H,22,29). The number of nitrogens with one attached hydrogen (secondary N) is 4. The molecule has 12 amide bonds. The van der Waals surface area contributed by atoms with Gasteiger partial charge in [-0.15, -0.1) is 0 Å². The highest BCUT2D eigenvalue weighted by Gasteiger charge is 2.42. The molecule has 36 nitrogen and oxygen atoms in total. The van der Waals surface area contributed by atoms with Crippen molar-refractivity contribution in [3.8, 4) is 0 Å². The topological polar surface area (TPSA) is 400 Å². The normalized spacial score (nSPS) is 18.8. The Balaban J connectivity index is 0.000000139. The maximum absolute atomic E-state index is 14.1. The van der Waals surface area contributed by atoms with E-state index in [1.54, 1.807) is 21.7 Å². The number of aliphatic hydroxyl groups is 4. The number of carbonyl (C=O) groups is 8. The van der Waals surface area contributed by atoms with Crippen molar-refractivity contribution in [3.63, 3.8) is 0 Å². The van der Waals surface area contributed by atoms with Gasteiger partial charge in [0.05, 0.1) is 133 Å². The summed E-state index contributed by atoms with van der Waals surface area (Å²) in [6, 6.07) is 10.7. The van der Waals surface area contributed by atoms with Crippen molar-refractivity contribution in [1.82, 2.24) is 79.0 Å². The number of nitrogens with zero attached hydrogens (tertiary/aromatic N) is 16. The van der Waals surface area contributed by atoms with Crippen LogP contribution in [-0.2, 0) is 104 Å². The summed E-state index contributed by atoms with van der Waals surface area (Å²) < 4.78 is 86.3. The van der Waals surface area contributed by atoms with E-state index in [9.17, 15) is 85.1 Å². The van der Waals surface area contributed by atoms with E-state index in [1.807, 2.05) is 13.0 Å². The van der Waals surface area contributed by atoms with E-state index in [0.29, 0.717) is 107 Å². The smallest absolute Gasteiger partial charge is 0.393 e. The third kappa shape index (κ3) is 19.0. The van der Waals surface area contributed by atoms with Gasteiger partial charge >= 0.3 is 30.3 Å². The minimum atomic E-state index is -4.66. The van der Waals surface area contributed by atoms with Crippen LogP contribution >= 0.6 is 58.0 Å². The number of fused-ring (bicyclic) bond motifs is 12. The fraction of sp³-hybridized carbons (Fsp3) is 0.405. The molecular formula is C74H77Cl5F6N20O16. The van der Waals surface area contributed by atoms with E-state index in [1.165, 1.54) is 69.1 Å². The van der Waals surface area contributed by atoms with Crippen molar-refractivity contribution in [2.45, 2.75) is 116 Å². The molecule has 16 rings (SSSR count). The van der Waals surface area contributed by atoms with Crippen LogP contribution < -0.4 is 21.3 Å². The summed E-state index contributed by atoms with van der Waals surface area (Å²) >= 11 is 29.1. The molecule has 0 radical (unpaired) electrons. The first-order valence-electron chi connectivity index (χ1n) is 37.2. The lowest BCUT2D eigenvalue weighted by Crippen LogP contribution is -2.40. The second-order valence-corrected chi connectivity index (χ2v) is 30.8. The highest BCUT2D eigenvalue weighted by Crippen LogP contribution is 2.39. The SMILES string of the molecule is CN1OC(CO)Cn2nc3c(c2C1=O)CN(C(=O)Nc1cc(Cl)c(Cl)cc1F)CC3.CN1OC(CO)Cn2nc3c(c2C1=O)CN(C(=O)Nc1cc(F)c(F)c(Cl)c1)CC3.CN1OC(CO)Cn2nc3c(c2C1=O)CN(C(=O)Nc1ccc(Cl)c(C(F)(F)F)c1)CC3.Cc1ccc(NC(=O)N2CCc3nn4c(c3C2)C(=O)N(C)OC(CO)C4)cc1Cl. The van der Waals surface area contributed by atoms with Gasteiger partial charge < -0.3 is 61.3 Å². The number of aliphatic hydroxyl groups excluding tert-OH is 4. The molecule has 8 N–H and O–H groups in total. The molecule has 646 valence electrons. The summed E-state index contributed by atoms with van der Waals surface area (Å²) in [5.74, 6) is -4.74. The Morgan fingerprint density at radius 3 is 1.08 bits per heavy atom. The van der Waals surface area contributed by atoms with E-state index < -0.39 is 99.5 Å². The van der Waals surface area contributed by atoms with E-state index in [2.05, 4.69) is 41.7 Å². The summed E-state index contributed by atoms with van der Waals surface area (Å²) in [6.45, 7) is 3.53. The van der Waals surface area contributed by atoms with Crippen LogP contribution in [0.4, 0.5) is 68.3 Å². The number of carbonyl (C=O) groups excluding carboxylic acids is 8. The lowest BCUT2D eigenvalue weighted by atomic mass is 10.1. The number of aryl methyl sites for hydroxylation is 1. The van der Waals surface area contributed by atoms with Crippen LogP contribution in [0.25, 0.3) is 0 Å². The van der Waals surface area contributed by atoms with E-state index in [4.69, 9.17) is 77.4 Å². The quantitative estimate of drug-likeness (QED) is 0.0402. The number of urea groups is 4. The largest absolute Gasteiger partial charge is 0.417 e. The van der Waals surface area contributed by atoms with Crippen LogP contribution in [0.2, 0.25) is 25.1 Å². The van der Waals surface area contributed by atoms with Crippen molar-refractivity contribution in [1.29, 1.82) is 0 Å². The van der Waals surface area contributed by atoms with Crippen LogP contribution in [0.5, 0.6) is 0 Å².